The Morgan fingerprint density at radius 1 is 0.968 bits per heavy atom. The fourth-order valence-electron chi connectivity index (χ4n) is 3.19. The fourth-order valence-corrected chi connectivity index (χ4v) is 4.08. The number of anilines is 1. The molecule has 160 valence electrons. The van der Waals surface area contributed by atoms with Gasteiger partial charge in [-0.15, -0.1) is 24.5 Å². The highest BCUT2D eigenvalue weighted by Gasteiger charge is 2.09. The number of benzene rings is 2. The van der Waals surface area contributed by atoms with Gasteiger partial charge in [-0.05, 0) is 36.6 Å². The van der Waals surface area contributed by atoms with E-state index in [0.717, 1.165) is 39.3 Å². The van der Waals surface area contributed by atoms with Crippen LogP contribution in [-0.2, 0) is 0 Å². The summed E-state index contributed by atoms with van der Waals surface area (Å²) in [7, 11) is 3.27. The zero-order valence-corrected chi connectivity index (χ0v) is 18.8. The van der Waals surface area contributed by atoms with Crippen molar-refractivity contribution < 1.29 is 9.47 Å². The van der Waals surface area contributed by atoms with Crippen molar-refractivity contribution in [3.63, 3.8) is 0 Å². The van der Waals surface area contributed by atoms with Crippen LogP contribution in [0.15, 0.2) is 73.9 Å². The van der Waals surface area contributed by atoms with Crippen LogP contribution < -0.4 is 14.8 Å². The number of ether oxygens (including phenoxy) is 2. The third kappa shape index (κ3) is 6.09. The minimum atomic E-state index is 0.327. The van der Waals surface area contributed by atoms with Crippen LogP contribution in [0.1, 0.15) is 23.4 Å². The van der Waals surface area contributed by atoms with E-state index in [9.17, 15) is 0 Å². The van der Waals surface area contributed by atoms with Crippen LogP contribution in [-0.4, -0.2) is 25.2 Å². The molecule has 0 aliphatic rings. The van der Waals surface area contributed by atoms with Gasteiger partial charge in [-0.25, -0.2) is 4.98 Å². The minimum absolute atomic E-state index is 0.327. The third-order valence-electron chi connectivity index (χ3n) is 4.73. The van der Waals surface area contributed by atoms with Crippen molar-refractivity contribution in [2.75, 3.05) is 19.5 Å². The zero-order valence-electron chi connectivity index (χ0n) is 18.0. The molecular weight excluding hydrogens is 404 g/mol. The first-order valence-electron chi connectivity index (χ1n) is 10.1. The zero-order chi connectivity index (χ0) is 22.1. The molecule has 0 unspecified atom stereocenters. The van der Waals surface area contributed by atoms with E-state index in [-0.39, 0.29) is 0 Å². The number of hydrogen-bond acceptors (Lipinski definition) is 5. The van der Waals surface area contributed by atoms with E-state index in [0.29, 0.717) is 17.5 Å². The summed E-state index contributed by atoms with van der Waals surface area (Å²) < 4.78 is 11.8. The van der Waals surface area contributed by atoms with Crippen LogP contribution in [0.3, 0.4) is 0 Å². The molecule has 3 rings (SSSR count). The molecule has 0 fully saturated rings. The summed E-state index contributed by atoms with van der Waals surface area (Å²) in [6.45, 7) is 7.65. The predicted molar refractivity (Wildman–Crippen MR) is 134 cm³/mol. The van der Waals surface area contributed by atoms with Gasteiger partial charge in [0.2, 0.25) is 0 Å². The molecule has 5 heteroatoms. The van der Waals surface area contributed by atoms with E-state index in [1.807, 2.05) is 42.5 Å². The molecule has 0 aliphatic heterocycles. The smallest absolute Gasteiger partial charge is 0.162 e. The summed E-state index contributed by atoms with van der Waals surface area (Å²) in [5.41, 5.74) is 3.14. The molecule has 1 aromatic heterocycles. The van der Waals surface area contributed by atoms with E-state index in [4.69, 9.17) is 9.47 Å². The highest BCUT2D eigenvalue weighted by molar-refractivity contribution is 7.19. The molecule has 0 spiro atoms. The first-order chi connectivity index (χ1) is 15.2. The van der Waals surface area contributed by atoms with Gasteiger partial charge in [0.1, 0.15) is 5.01 Å². The molecule has 0 atom stereocenters. The largest absolute Gasteiger partial charge is 0.493 e. The number of nitrogens with one attached hydrogen (secondary N) is 1. The Morgan fingerprint density at radius 2 is 1.61 bits per heavy atom. The number of methoxy groups -OCH3 is 2. The Balaban J connectivity index is 1.63. The molecular formula is C26H28N2O2S. The Bertz CT molecular complexity index is 1030. The molecule has 0 aliphatic carbocycles. The Hall–Kier alpha value is -3.31. The quantitative estimate of drug-likeness (QED) is 0.262. The molecule has 0 radical (unpaired) electrons. The number of fused-ring (bicyclic) bond motifs is 1. The number of hydrogen-bond donors (Lipinski definition) is 1. The molecule has 0 saturated heterocycles. The number of nitrogens with zero attached hydrogens (tertiary/aromatic N) is 1. The summed E-state index contributed by atoms with van der Waals surface area (Å²) >= 11 is 1.62. The van der Waals surface area contributed by atoms with Crippen molar-refractivity contribution in [1.82, 2.24) is 4.98 Å². The number of aromatic nitrogens is 1. The summed E-state index contributed by atoms with van der Waals surface area (Å²) in [6.07, 6.45) is 13.8. The molecule has 1 heterocycles. The van der Waals surface area contributed by atoms with E-state index in [1.165, 1.54) is 0 Å². The topological polar surface area (TPSA) is 43.4 Å². The van der Waals surface area contributed by atoms with E-state index < -0.39 is 0 Å². The second-order valence-corrected chi connectivity index (χ2v) is 8.02. The average molecular weight is 433 g/mol. The van der Waals surface area contributed by atoms with Gasteiger partial charge in [0.25, 0.3) is 0 Å². The highest BCUT2D eigenvalue weighted by Crippen LogP contribution is 2.34. The van der Waals surface area contributed by atoms with Crippen LogP contribution in [0.4, 0.5) is 5.69 Å². The standard InChI is InChI=1S/C26H28N2O2S/c1-5-9-20(10-6-2)27-21-15-13-19(14-16-21)11-7-8-12-26-28-22-17-23(29-3)24(30-4)18-25(22)31-26/h5-8,11-18,20,27H,1-2,9-10H2,3-4H3. The molecule has 3 aromatic rings. The molecule has 2 aromatic carbocycles. The van der Waals surface area contributed by atoms with Gasteiger partial charge in [-0.2, -0.15) is 0 Å². The monoisotopic (exact) mass is 432 g/mol. The van der Waals surface area contributed by atoms with Crippen LogP contribution in [0.25, 0.3) is 22.4 Å². The van der Waals surface area contributed by atoms with Gasteiger partial charge in [-0.3, -0.25) is 0 Å². The van der Waals surface area contributed by atoms with Crippen molar-refractivity contribution in [3.05, 3.63) is 84.4 Å². The van der Waals surface area contributed by atoms with Crippen LogP contribution in [0, 0.1) is 0 Å². The normalized spacial score (nSPS) is 11.5. The lowest BCUT2D eigenvalue weighted by Gasteiger charge is -2.16. The lowest BCUT2D eigenvalue weighted by atomic mass is 10.1. The van der Waals surface area contributed by atoms with Gasteiger partial charge in [-0.1, -0.05) is 42.5 Å². The van der Waals surface area contributed by atoms with E-state index >= 15 is 0 Å². The predicted octanol–water partition coefficient (Wildman–Crippen LogP) is 6.97. The van der Waals surface area contributed by atoms with Crippen LogP contribution in [0.5, 0.6) is 11.5 Å². The Kier molecular flexibility index (Phi) is 8.07. The lowest BCUT2D eigenvalue weighted by Crippen LogP contribution is -2.17. The maximum Gasteiger partial charge on any atom is 0.162 e. The maximum atomic E-state index is 5.37. The Labute approximate surface area is 188 Å². The van der Waals surface area contributed by atoms with Crippen LogP contribution in [0.2, 0.25) is 0 Å². The molecule has 4 nitrogen and oxygen atoms in total. The lowest BCUT2D eigenvalue weighted by molar-refractivity contribution is 0.356. The van der Waals surface area contributed by atoms with Gasteiger partial charge in [0.15, 0.2) is 11.5 Å². The van der Waals surface area contributed by atoms with E-state index in [1.54, 1.807) is 25.6 Å². The first kappa shape index (κ1) is 22.4. The van der Waals surface area contributed by atoms with Crippen molar-refractivity contribution in [3.8, 4) is 11.5 Å². The molecule has 0 amide bonds. The number of allylic oxidation sites excluding steroid dienone is 2. The third-order valence-corrected chi connectivity index (χ3v) is 5.72. The summed E-state index contributed by atoms with van der Waals surface area (Å²) in [5, 5.41) is 4.46. The molecule has 0 bridgehead atoms. The summed E-state index contributed by atoms with van der Waals surface area (Å²) in [6, 6.07) is 12.6. The SMILES string of the molecule is C=CCC(CC=C)Nc1ccc(C=CC=Cc2nc3cc(OC)c(OC)cc3s2)cc1. The molecule has 1 N–H and O–H groups in total. The summed E-state index contributed by atoms with van der Waals surface area (Å²) in [5.74, 6) is 1.40. The second kappa shape index (κ2) is 11.2. The average Bonchev–Trinajstić information content (AvgIpc) is 3.18. The van der Waals surface area contributed by atoms with Crippen LogP contribution >= 0.6 is 11.3 Å². The number of thiazole rings is 1. The van der Waals surface area contributed by atoms with Crippen molar-refractivity contribution in [2.24, 2.45) is 0 Å². The highest BCUT2D eigenvalue weighted by atomic mass is 32.1. The second-order valence-electron chi connectivity index (χ2n) is 6.96. The van der Waals surface area contributed by atoms with Gasteiger partial charge in [0.05, 0.1) is 24.4 Å². The van der Waals surface area contributed by atoms with Crippen molar-refractivity contribution in [2.45, 2.75) is 18.9 Å². The van der Waals surface area contributed by atoms with Crippen molar-refractivity contribution in [1.29, 1.82) is 0 Å². The fraction of sp³-hybridized carbons (Fsp3) is 0.192. The maximum absolute atomic E-state index is 5.37. The summed E-state index contributed by atoms with van der Waals surface area (Å²) in [4.78, 5) is 4.65. The molecule has 31 heavy (non-hydrogen) atoms. The first-order valence-corrected chi connectivity index (χ1v) is 10.9. The number of rotatable bonds is 11. The van der Waals surface area contributed by atoms with Gasteiger partial charge < -0.3 is 14.8 Å². The van der Waals surface area contributed by atoms with Gasteiger partial charge >= 0.3 is 0 Å². The van der Waals surface area contributed by atoms with Crippen molar-refractivity contribution >= 4 is 39.4 Å². The minimum Gasteiger partial charge on any atom is -0.493 e. The molecule has 0 saturated carbocycles. The Morgan fingerprint density at radius 3 is 2.26 bits per heavy atom. The van der Waals surface area contributed by atoms with E-state index in [2.05, 4.69) is 53.8 Å². The van der Waals surface area contributed by atoms with Gasteiger partial charge in [0, 0.05) is 23.9 Å².